The number of nitrogens with one attached hydrogen (secondary N) is 2. The Morgan fingerprint density at radius 2 is 1.93 bits per heavy atom. The van der Waals surface area contributed by atoms with E-state index in [4.69, 9.17) is 24.2 Å². The fourth-order valence-electron chi connectivity index (χ4n) is 7.81. The average Bonchev–Trinajstić information content (AvgIpc) is 3.77. The van der Waals surface area contributed by atoms with Gasteiger partial charge in [-0.15, -0.1) is 11.3 Å². The summed E-state index contributed by atoms with van der Waals surface area (Å²) >= 11 is 1.44. The number of fused-ring (bicyclic) bond motifs is 6. The molecule has 57 heavy (non-hydrogen) atoms. The second-order valence-corrected chi connectivity index (χ2v) is 17.7. The minimum atomic E-state index is -0.987. The highest BCUT2D eigenvalue weighted by Crippen LogP contribution is 2.43. The van der Waals surface area contributed by atoms with Crippen molar-refractivity contribution < 1.29 is 28.6 Å². The van der Waals surface area contributed by atoms with Crippen LogP contribution in [0.4, 0.5) is 10.5 Å². The molecule has 0 saturated carbocycles. The third-order valence-electron chi connectivity index (χ3n) is 10.7. The molecule has 3 atom stereocenters. The lowest BCUT2D eigenvalue weighted by Crippen LogP contribution is -2.60. The van der Waals surface area contributed by atoms with Gasteiger partial charge in [0.2, 0.25) is 0 Å². The van der Waals surface area contributed by atoms with Crippen LogP contribution in [0.5, 0.6) is 0 Å². The molecule has 6 bridgehead atoms. The summed E-state index contributed by atoms with van der Waals surface area (Å²) in [7, 11) is 1.71. The lowest BCUT2D eigenvalue weighted by atomic mass is 9.84. The number of amides is 2. The highest BCUT2D eigenvalue weighted by Gasteiger charge is 2.36. The van der Waals surface area contributed by atoms with E-state index in [0.29, 0.717) is 37.4 Å². The maximum Gasteiger partial charge on any atom is 0.408 e. The van der Waals surface area contributed by atoms with E-state index >= 15 is 0 Å². The summed E-state index contributed by atoms with van der Waals surface area (Å²) in [5.74, 6) is -0.800. The van der Waals surface area contributed by atoms with Crippen molar-refractivity contribution in [1.29, 1.82) is 0 Å². The van der Waals surface area contributed by atoms with Crippen LogP contribution < -0.4 is 15.6 Å². The van der Waals surface area contributed by atoms with Crippen molar-refractivity contribution in [3.8, 4) is 22.5 Å². The number of hydrogen-bond donors (Lipinski definition) is 2. The maximum absolute atomic E-state index is 14.1. The smallest absolute Gasteiger partial charge is 0.408 e. The molecule has 2 N–H and O–H groups in total. The monoisotopic (exact) mass is 801 g/mol. The number of carbonyl (C=O) groups excluding carboxylic acids is 3. The van der Waals surface area contributed by atoms with Gasteiger partial charge in [0, 0.05) is 72.5 Å². The van der Waals surface area contributed by atoms with E-state index in [9.17, 15) is 14.4 Å². The van der Waals surface area contributed by atoms with E-state index in [1.807, 2.05) is 18.5 Å². The van der Waals surface area contributed by atoms with Crippen molar-refractivity contribution >= 4 is 45.9 Å². The zero-order chi connectivity index (χ0) is 41.2. The van der Waals surface area contributed by atoms with Crippen LogP contribution in [0.1, 0.15) is 97.5 Å². The minimum absolute atomic E-state index is 0.143. The SMILES string of the molecule is CCN(CC)c1cnc([C@H](C)OC)c(-c2c3c4cc(ccc4n2CC)-c2csc(n2)C[C@H](NC(=O)OC(C)(C)C)C(=O)N2CCC[C@H](N2)C(=O)OCC(C)(C)C3)c1. The summed E-state index contributed by atoms with van der Waals surface area (Å²) in [6, 6.07) is 6.99. The minimum Gasteiger partial charge on any atom is -0.464 e. The molecule has 2 aliphatic heterocycles. The molecule has 0 unspecified atom stereocenters. The Labute approximate surface area is 340 Å². The first kappa shape index (κ1) is 42.1. The van der Waals surface area contributed by atoms with Crippen LogP contribution in [0.15, 0.2) is 35.8 Å². The summed E-state index contributed by atoms with van der Waals surface area (Å²) in [5.41, 5.74) is 9.75. The van der Waals surface area contributed by atoms with E-state index in [1.54, 1.807) is 27.9 Å². The summed E-state index contributed by atoms with van der Waals surface area (Å²) < 4.78 is 19.9. The molecule has 5 heterocycles. The zero-order valence-electron chi connectivity index (χ0n) is 35.2. The van der Waals surface area contributed by atoms with Crippen molar-refractivity contribution in [2.24, 2.45) is 5.41 Å². The van der Waals surface area contributed by atoms with Gasteiger partial charge in [-0.1, -0.05) is 19.9 Å². The predicted molar refractivity (Wildman–Crippen MR) is 224 cm³/mol. The van der Waals surface area contributed by atoms with Crippen molar-refractivity contribution in [2.75, 3.05) is 38.3 Å². The number of hydrazine groups is 1. The van der Waals surface area contributed by atoms with Crippen LogP contribution in [0.2, 0.25) is 0 Å². The number of aromatic nitrogens is 3. The average molecular weight is 802 g/mol. The quantitative estimate of drug-likeness (QED) is 0.173. The van der Waals surface area contributed by atoms with Gasteiger partial charge in [0.15, 0.2) is 0 Å². The Bertz CT molecular complexity index is 2100. The highest BCUT2D eigenvalue weighted by atomic mass is 32.1. The second-order valence-electron chi connectivity index (χ2n) is 16.8. The zero-order valence-corrected chi connectivity index (χ0v) is 36.0. The number of hydrogen-bond acceptors (Lipinski definition) is 11. The fraction of sp³-hybridized carbons (Fsp3) is 0.558. The number of alkyl carbamates (subject to hydrolysis) is 1. The first-order valence-electron chi connectivity index (χ1n) is 20.2. The van der Waals surface area contributed by atoms with Crippen LogP contribution in [-0.2, 0) is 43.2 Å². The molecular weight excluding hydrogens is 743 g/mol. The van der Waals surface area contributed by atoms with E-state index in [2.05, 4.69) is 79.1 Å². The molecule has 0 radical (unpaired) electrons. The van der Waals surface area contributed by atoms with Gasteiger partial charge >= 0.3 is 12.1 Å². The number of ether oxygens (including phenoxy) is 3. The molecule has 4 aromatic rings. The van der Waals surface area contributed by atoms with Gasteiger partial charge < -0.3 is 29.0 Å². The number of cyclic esters (lactones) is 1. The first-order valence-corrected chi connectivity index (χ1v) is 21.1. The van der Waals surface area contributed by atoms with Crippen molar-refractivity contribution in [1.82, 2.24) is 30.3 Å². The van der Waals surface area contributed by atoms with Crippen molar-refractivity contribution in [2.45, 2.75) is 118 Å². The predicted octanol–water partition coefficient (Wildman–Crippen LogP) is 7.46. The van der Waals surface area contributed by atoms with Gasteiger partial charge in [0.05, 0.1) is 46.7 Å². The maximum atomic E-state index is 14.1. The first-order chi connectivity index (χ1) is 27.1. The third-order valence-corrected chi connectivity index (χ3v) is 11.6. The van der Waals surface area contributed by atoms with Gasteiger partial charge in [-0.3, -0.25) is 19.6 Å². The summed E-state index contributed by atoms with van der Waals surface area (Å²) in [4.78, 5) is 53.2. The van der Waals surface area contributed by atoms with E-state index < -0.39 is 35.2 Å². The van der Waals surface area contributed by atoms with Crippen LogP contribution in [0.3, 0.4) is 0 Å². The largest absolute Gasteiger partial charge is 0.464 e. The Morgan fingerprint density at radius 1 is 1.18 bits per heavy atom. The number of pyridine rings is 1. The number of anilines is 1. The lowest BCUT2D eigenvalue weighted by Gasteiger charge is -2.35. The molecule has 2 aliphatic rings. The number of aryl methyl sites for hydroxylation is 1. The number of nitrogens with zero attached hydrogens (tertiary/aromatic N) is 5. The van der Waals surface area contributed by atoms with Gasteiger partial charge in [-0.05, 0) is 91.5 Å². The Kier molecular flexibility index (Phi) is 12.7. The molecule has 6 rings (SSSR count). The number of benzene rings is 1. The van der Waals surface area contributed by atoms with E-state index in [0.717, 1.165) is 63.5 Å². The van der Waals surface area contributed by atoms with Gasteiger partial charge in [-0.2, -0.15) is 0 Å². The molecule has 14 heteroatoms. The van der Waals surface area contributed by atoms with E-state index in [1.165, 1.54) is 16.3 Å². The van der Waals surface area contributed by atoms with Gasteiger partial charge in [0.25, 0.3) is 5.91 Å². The Hall–Kier alpha value is -4.53. The van der Waals surface area contributed by atoms with Crippen LogP contribution >= 0.6 is 11.3 Å². The van der Waals surface area contributed by atoms with Crippen molar-refractivity contribution in [3.63, 3.8) is 0 Å². The molecule has 0 spiro atoms. The summed E-state index contributed by atoms with van der Waals surface area (Å²) in [6.45, 7) is 21.0. The Balaban J connectivity index is 1.53. The van der Waals surface area contributed by atoms with Gasteiger partial charge in [-0.25, -0.2) is 15.2 Å². The molecule has 3 aromatic heterocycles. The molecule has 0 aliphatic carbocycles. The van der Waals surface area contributed by atoms with E-state index in [-0.39, 0.29) is 25.0 Å². The van der Waals surface area contributed by atoms with Crippen LogP contribution in [0.25, 0.3) is 33.4 Å². The molecule has 308 valence electrons. The molecule has 1 saturated heterocycles. The van der Waals surface area contributed by atoms with Crippen LogP contribution in [-0.4, -0.2) is 88.5 Å². The second kappa shape index (κ2) is 17.1. The number of thiazole rings is 1. The van der Waals surface area contributed by atoms with Gasteiger partial charge in [0.1, 0.15) is 17.7 Å². The Morgan fingerprint density at radius 3 is 2.61 bits per heavy atom. The summed E-state index contributed by atoms with van der Waals surface area (Å²) in [5, 5.41) is 7.98. The lowest BCUT2D eigenvalue weighted by molar-refractivity contribution is -0.155. The fourth-order valence-corrected chi connectivity index (χ4v) is 8.66. The topological polar surface area (TPSA) is 140 Å². The third kappa shape index (κ3) is 9.29. The standard InChI is InChI=1S/C43H59N7O6S/c1-11-48(12-2)28-20-30(37(44-23-28)26(4)54-10)38-31-22-43(8,9)25-55-40(52)32-15-14-18-50(47-32)39(51)33(46-41(53)56-42(5,6)7)21-36-45-34(24-57-36)27-16-17-35(29(31)19-27)49(38)13-3/h16-17,19-20,23-24,26,32-33,47H,11-15,18,21-22,25H2,1-10H3,(H,46,53)/t26-,32-,33-/m0/s1. The normalized spacial score (nSPS) is 19.5. The molecule has 13 nitrogen and oxygen atoms in total. The van der Waals surface area contributed by atoms with Crippen molar-refractivity contribution in [3.05, 3.63) is 52.1 Å². The molecular formula is C43H59N7O6S. The summed E-state index contributed by atoms with van der Waals surface area (Å²) in [6.07, 6.45) is 2.82. The molecule has 1 aromatic carbocycles. The number of carbonyl (C=O) groups is 3. The highest BCUT2D eigenvalue weighted by molar-refractivity contribution is 7.10. The molecule has 1 fully saturated rings. The number of esters is 1. The van der Waals surface area contributed by atoms with Crippen LogP contribution in [0, 0.1) is 5.41 Å². The number of methoxy groups -OCH3 is 1. The number of rotatable bonds is 8. The molecule has 2 amide bonds.